The number of ketones is 1. The van der Waals surface area contributed by atoms with Crippen LogP contribution in [0, 0.1) is 0 Å². The van der Waals surface area contributed by atoms with Gasteiger partial charge >= 0.3 is 0 Å². The third-order valence-corrected chi connectivity index (χ3v) is 5.76. The van der Waals surface area contributed by atoms with E-state index in [2.05, 4.69) is 5.16 Å². The molecule has 0 N–H and O–H groups in total. The molecule has 1 aliphatic carbocycles. The zero-order valence-corrected chi connectivity index (χ0v) is 13.4. The Kier molecular flexibility index (Phi) is 3.82. The summed E-state index contributed by atoms with van der Waals surface area (Å²) in [7, 11) is -3.36. The highest BCUT2D eigenvalue weighted by Crippen LogP contribution is 2.42. The average Bonchev–Trinajstić information content (AvgIpc) is 3.23. The molecule has 116 valence electrons. The molecule has 0 unspecified atom stereocenters. The molecule has 1 heterocycles. The van der Waals surface area contributed by atoms with Crippen LogP contribution in [0.3, 0.4) is 0 Å². The molecule has 5 nitrogen and oxygen atoms in total. The van der Waals surface area contributed by atoms with Crippen molar-refractivity contribution < 1.29 is 17.7 Å². The van der Waals surface area contributed by atoms with Gasteiger partial charge in [-0.15, -0.1) is 0 Å². The number of nitrogens with zero attached hydrogens (tertiary/aromatic N) is 1. The number of sulfone groups is 1. The molecule has 0 spiro atoms. The van der Waals surface area contributed by atoms with Crippen molar-refractivity contribution in [1.29, 1.82) is 0 Å². The Morgan fingerprint density at radius 2 is 2.09 bits per heavy atom. The summed E-state index contributed by atoms with van der Waals surface area (Å²) < 4.78 is 28.8. The summed E-state index contributed by atoms with van der Waals surface area (Å²) in [4.78, 5) is 12.7. The topological polar surface area (TPSA) is 77.2 Å². The molecule has 0 saturated heterocycles. The standard InChI is InChI=1S/C15H14ClNO4S/c1-2-22(19,20)10-5-6-11(13(16)7-10)14(18)12-8-17-21-15(12)9-3-4-9/h5-9H,2-4H2,1H3. The van der Waals surface area contributed by atoms with Gasteiger partial charge < -0.3 is 4.52 Å². The normalized spacial score (nSPS) is 15.0. The van der Waals surface area contributed by atoms with E-state index in [4.69, 9.17) is 16.1 Å². The van der Waals surface area contributed by atoms with Crippen LogP contribution in [0.5, 0.6) is 0 Å². The van der Waals surface area contributed by atoms with Crippen LogP contribution in [0.15, 0.2) is 33.8 Å². The SMILES string of the molecule is CCS(=O)(=O)c1ccc(C(=O)c2cnoc2C2CC2)c(Cl)c1. The highest BCUT2D eigenvalue weighted by atomic mass is 35.5. The summed E-state index contributed by atoms with van der Waals surface area (Å²) in [6.45, 7) is 1.56. The maximum absolute atomic E-state index is 12.6. The second kappa shape index (κ2) is 5.52. The van der Waals surface area contributed by atoms with Crippen molar-refractivity contribution in [3.63, 3.8) is 0 Å². The molecule has 0 radical (unpaired) electrons. The van der Waals surface area contributed by atoms with E-state index in [0.29, 0.717) is 11.3 Å². The summed E-state index contributed by atoms with van der Waals surface area (Å²) in [5.41, 5.74) is 0.650. The third kappa shape index (κ3) is 2.68. The summed E-state index contributed by atoms with van der Waals surface area (Å²) in [5, 5.41) is 3.81. The highest BCUT2D eigenvalue weighted by Gasteiger charge is 2.33. The number of rotatable bonds is 5. The first-order chi connectivity index (χ1) is 10.4. The van der Waals surface area contributed by atoms with Crippen LogP contribution in [-0.2, 0) is 9.84 Å². The van der Waals surface area contributed by atoms with Crippen LogP contribution in [0.2, 0.25) is 5.02 Å². The van der Waals surface area contributed by atoms with Gasteiger partial charge in [-0.3, -0.25) is 4.79 Å². The van der Waals surface area contributed by atoms with Crippen molar-refractivity contribution in [1.82, 2.24) is 5.16 Å². The lowest BCUT2D eigenvalue weighted by Gasteiger charge is -2.06. The largest absolute Gasteiger partial charge is 0.360 e. The van der Waals surface area contributed by atoms with E-state index >= 15 is 0 Å². The third-order valence-electron chi connectivity index (χ3n) is 3.72. The van der Waals surface area contributed by atoms with Gasteiger partial charge in [-0.25, -0.2) is 8.42 Å². The Bertz CT molecular complexity index is 837. The van der Waals surface area contributed by atoms with E-state index in [1.54, 1.807) is 6.92 Å². The maximum Gasteiger partial charge on any atom is 0.199 e. The molecule has 2 aromatic rings. The second-order valence-electron chi connectivity index (χ2n) is 5.25. The molecule has 7 heteroatoms. The van der Waals surface area contributed by atoms with Crippen LogP contribution in [0.4, 0.5) is 0 Å². The molecule has 22 heavy (non-hydrogen) atoms. The van der Waals surface area contributed by atoms with E-state index in [1.165, 1.54) is 24.4 Å². The molecule has 3 rings (SSSR count). The first kappa shape index (κ1) is 15.2. The van der Waals surface area contributed by atoms with Gasteiger partial charge in [-0.2, -0.15) is 0 Å². The first-order valence-electron chi connectivity index (χ1n) is 6.95. The van der Waals surface area contributed by atoms with Gasteiger partial charge in [0.2, 0.25) is 0 Å². The van der Waals surface area contributed by atoms with Crippen molar-refractivity contribution in [2.75, 3.05) is 5.75 Å². The Morgan fingerprint density at radius 1 is 1.36 bits per heavy atom. The van der Waals surface area contributed by atoms with Gasteiger partial charge in [-0.1, -0.05) is 23.7 Å². The number of carbonyl (C=O) groups is 1. The average molecular weight is 340 g/mol. The fraction of sp³-hybridized carbons (Fsp3) is 0.333. The minimum Gasteiger partial charge on any atom is -0.360 e. The quantitative estimate of drug-likeness (QED) is 0.781. The van der Waals surface area contributed by atoms with Gasteiger partial charge in [0, 0.05) is 11.5 Å². The van der Waals surface area contributed by atoms with Crippen LogP contribution in [-0.4, -0.2) is 25.1 Å². The molecule has 1 saturated carbocycles. The van der Waals surface area contributed by atoms with E-state index in [1.807, 2.05) is 0 Å². The van der Waals surface area contributed by atoms with Crippen molar-refractivity contribution >= 4 is 27.2 Å². The number of halogens is 1. The fourth-order valence-electron chi connectivity index (χ4n) is 2.24. The molecule has 0 amide bonds. The van der Waals surface area contributed by atoms with Gasteiger partial charge in [0.15, 0.2) is 21.4 Å². The van der Waals surface area contributed by atoms with E-state index in [-0.39, 0.29) is 32.9 Å². The molecule has 0 bridgehead atoms. The number of carbonyl (C=O) groups excluding carboxylic acids is 1. The second-order valence-corrected chi connectivity index (χ2v) is 7.94. The monoisotopic (exact) mass is 339 g/mol. The number of aromatic nitrogens is 1. The van der Waals surface area contributed by atoms with E-state index < -0.39 is 9.84 Å². The van der Waals surface area contributed by atoms with Crippen LogP contribution in [0.25, 0.3) is 0 Å². The minimum atomic E-state index is -3.36. The fourth-order valence-corrected chi connectivity index (χ4v) is 3.48. The van der Waals surface area contributed by atoms with Crippen LogP contribution < -0.4 is 0 Å². The van der Waals surface area contributed by atoms with Gasteiger partial charge in [0.25, 0.3) is 0 Å². The zero-order chi connectivity index (χ0) is 15.9. The molecular formula is C15H14ClNO4S. The Labute approximate surface area is 133 Å². The lowest BCUT2D eigenvalue weighted by atomic mass is 10.0. The number of benzene rings is 1. The van der Waals surface area contributed by atoms with Crippen LogP contribution >= 0.6 is 11.6 Å². The zero-order valence-electron chi connectivity index (χ0n) is 11.9. The molecule has 0 aliphatic heterocycles. The Balaban J connectivity index is 1.98. The lowest BCUT2D eigenvalue weighted by molar-refractivity contribution is 0.103. The summed E-state index contributed by atoms with van der Waals surface area (Å²) >= 11 is 6.12. The predicted molar refractivity (Wildman–Crippen MR) is 81.1 cm³/mol. The highest BCUT2D eigenvalue weighted by molar-refractivity contribution is 7.91. The smallest absolute Gasteiger partial charge is 0.199 e. The van der Waals surface area contributed by atoms with Gasteiger partial charge in [0.05, 0.1) is 27.4 Å². The molecule has 0 atom stereocenters. The predicted octanol–water partition coefficient (Wildman–Crippen LogP) is 3.23. The molecule has 1 fully saturated rings. The lowest BCUT2D eigenvalue weighted by Crippen LogP contribution is -2.07. The molecule has 1 aromatic carbocycles. The minimum absolute atomic E-state index is 0.0197. The summed E-state index contributed by atoms with van der Waals surface area (Å²) in [6.07, 6.45) is 3.36. The van der Waals surface area contributed by atoms with Gasteiger partial charge in [-0.05, 0) is 31.0 Å². The summed E-state index contributed by atoms with van der Waals surface area (Å²) in [5.74, 6) is 0.522. The van der Waals surface area contributed by atoms with Crippen molar-refractivity contribution in [2.24, 2.45) is 0 Å². The molecular weight excluding hydrogens is 326 g/mol. The number of hydrogen-bond donors (Lipinski definition) is 0. The molecule has 1 aliphatic rings. The van der Waals surface area contributed by atoms with E-state index in [0.717, 1.165) is 12.8 Å². The first-order valence-corrected chi connectivity index (χ1v) is 8.98. The molecule has 1 aromatic heterocycles. The number of hydrogen-bond acceptors (Lipinski definition) is 5. The van der Waals surface area contributed by atoms with Crippen molar-refractivity contribution in [2.45, 2.75) is 30.6 Å². The summed E-state index contributed by atoms with van der Waals surface area (Å²) in [6, 6.07) is 4.16. The van der Waals surface area contributed by atoms with Crippen LogP contribution in [0.1, 0.15) is 47.4 Å². The van der Waals surface area contributed by atoms with Gasteiger partial charge in [0.1, 0.15) is 0 Å². The Hall–Kier alpha value is -1.66. The van der Waals surface area contributed by atoms with E-state index in [9.17, 15) is 13.2 Å². The Morgan fingerprint density at radius 3 is 2.68 bits per heavy atom. The van der Waals surface area contributed by atoms with Crippen molar-refractivity contribution in [3.05, 3.63) is 46.3 Å². The maximum atomic E-state index is 12.6. The van der Waals surface area contributed by atoms with Crippen molar-refractivity contribution in [3.8, 4) is 0 Å².